The summed E-state index contributed by atoms with van der Waals surface area (Å²) in [7, 11) is 2.96. The zero-order valence-corrected chi connectivity index (χ0v) is 17.7. The molecule has 0 fully saturated rings. The third-order valence-electron chi connectivity index (χ3n) is 4.47. The Bertz CT molecular complexity index is 1130. The molecule has 3 aromatic carbocycles. The number of methoxy groups -OCH3 is 2. The summed E-state index contributed by atoms with van der Waals surface area (Å²) < 4.78 is 29.3. The number of hydrogen-bond acceptors (Lipinski definition) is 5. The Balaban J connectivity index is 1.77. The first-order valence-electron chi connectivity index (χ1n) is 9.25. The summed E-state index contributed by atoms with van der Waals surface area (Å²) in [5, 5.41) is 9.83. The van der Waals surface area contributed by atoms with Crippen LogP contribution in [0.15, 0.2) is 60.7 Å². The van der Waals surface area contributed by atoms with Crippen molar-refractivity contribution in [2.45, 2.75) is 6.61 Å². The lowest BCUT2D eigenvalue weighted by molar-refractivity contribution is 0.104. The molecule has 160 valence electrons. The van der Waals surface area contributed by atoms with Gasteiger partial charge < -0.3 is 19.3 Å². The third kappa shape index (κ3) is 5.55. The van der Waals surface area contributed by atoms with E-state index in [0.717, 1.165) is 11.1 Å². The predicted octanol–water partition coefficient (Wildman–Crippen LogP) is 5.68. The van der Waals surface area contributed by atoms with Crippen LogP contribution < -0.4 is 14.2 Å². The zero-order valence-electron chi connectivity index (χ0n) is 16.9. The molecule has 7 heteroatoms. The maximum atomic E-state index is 13.2. The number of phenolic OH excluding ortho intramolecular Hbond substituents is 1. The first-order chi connectivity index (χ1) is 14.9. The first-order valence-corrected chi connectivity index (χ1v) is 9.63. The normalized spacial score (nSPS) is 10.8. The molecule has 0 aliphatic heterocycles. The van der Waals surface area contributed by atoms with Crippen molar-refractivity contribution in [3.63, 3.8) is 0 Å². The molecule has 0 unspecified atom stereocenters. The van der Waals surface area contributed by atoms with Crippen molar-refractivity contribution >= 4 is 23.5 Å². The number of phenols is 1. The van der Waals surface area contributed by atoms with Crippen molar-refractivity contribution < 1.29 is 28.5 Å². The van der Waals surface area contributed by atoms with Gasteiger partial charge in [-0.25, -0.2) is 4.39 Å². The number of carbonyl (C=O) groups is 1. The number of benzene rings is 3. The van der Waals surface area contributed by atoms with Gasteiger partial charge in [0, 0.05) is 11.1 Å². The Morgan fingerprint density at radius 1 is 1.00 bits per heavy atom. The molecule has 1 N–H and O–H groups in total. The minimum atomic E-state index is -0.446. The van der Waals surface area contributed by atoms with Gasteiger partial charge in [0.15, 0.2) is 17.3 Å². The Labute approximate surface area is 184 Å². The molecule has 0 aliphatic carbocycles. The standard InChI is InChI=1S/C24H20ClFO5/c1-29-22-9-4-15(3-7-20(27)16-5-8-21(28)24(12-16)30-2)11-17(22)14-31-23-10-6-18(26)13-19(23)25/h3-13,28H,14H2,1-2H3/b7-3+. The molecule has 0 saturated carbocycles. The van der Waals surface area contributed by atoms with Crippen LogP contribution in [-0.4, -0.2) is 25.1 Å². The molecule has 0 amide bonds. The highest BCUT2D eigenvalue weighted by Crippen LogP contribution is 2.29. The molecule has 0 aliphatic rings. The fourth-order valence-electron chi connectivity index (χ4n) is 2.86. The van der Waals surface area contributed by atoms with Crippen LogP contribution in [0.5, 0.6) is 23.0 Å². The van der Waals surface area contributed by atoms with E-state index >= 15 is 0 Å². The van der Waals surface area contributed by atoms with Crippen molar-refractivity contribution in [2.24, 2.45) is 0 Å². The van der Waals surface area contributed by atoms with Crippen LogP contribution in [0.2, 0.25) is 5.02 Å². The highest BCUT2D eigenvalue weighted by atomic mass is 35.5. The smallest absolute Gasteiger partial charge is 0.185 e. The summed E-state index contributed by atoms with van der Waals surface area (Å²) in [6.07, 6.45) is 3.09. The summed E-state index contributed by atoms with van der Waals surface area (Å²) in [4.78, 5) is 12.5. The second-order valence-electron chi connectivity index (χ2n) is 6.52. The molecule has 0 saturated heterocycles. The van der Waals surface area contributed by atoms with Gasteiger partial charge in [-0.15, -0.1) is 0 Å². The van der Waals surface area contributed by atoms with Crippen molar-refractivity contribution in [3.8, 4) is 23.0 Å². The number of aromatic hydroxyl groups is 1. The summed E-state index contributed by atoms with van der Waals surface area (Å²) in [6.45, 7) is 0.138. The van der Waals surface area contributed by atoms with E-state index in [1.54, 1.807) is 25.3 Å². The Hall–Kier alpha value is -3.51. The molecule has 0 radical (unpaired) electrons. The maximum absolute atomic E-state index is 13.2. The number of carbonyl (C=O) groups excluding carboxylic acids is 1. The molecule has 31 heavy (non-hydrogen) atoms. The largest absolute Gasteiger partial charge is 0.504 e. The SMILES string of the molecule is COc1cc(C(=O)/C=C/c2ccc(OC)c(COc3ccc(F)cc3Cl)c2)ccc1O. The topological polar surface area (TPSA) is 65.0 Å². The number of ether oxygens (including phenoxy) is 3. The van der Waals surface area contributed by atoms with E-state index in [-0.39, 0.29) is 28.9 Å². The lowest BCUT2D eigenvalue weighted by Gasteiger charge is -2.12. The van der Waals surface area contributed by atoms with Crippen LogP contribution in [0.25, 0.3) is 6.08 Å². The van der Waals surface area contributed by atoms with E-state index < -0.39 is 5.82 Å². The van der Waals surface area contributed by atoms with Crippen molar-refractivity contribution in [1.29, 1.82) is 0 Å². The van der Waals surface area contributed by atoms with E-state index in [1.165, 1.54) is 49.6 Å². The highest BCUT2D eigenvalue weighted by molar-refractivity contribution is 6.32. The molecule has 0 atom stereocenters. The second-order valence-corrected chi connectivity index (χ2v) is 6.93. The average Bonchev–Trinajstić information content (AvgIpc) is 2.77. The van der Waals surface area contributed by atoms with E-state index in [2.05, 4.69) is 0 Å². The lowest BCUT2D eigenvalue weighted by Crippen LogP contribution is -2.00. The van der Waals surface area contributed by atoms with E-state index in [1.807, 2.05) is 6.07 Å². The van der Waals surface area contributed by atoms with Crippen molar-refractivity contribution in [1.82, 2.24) is 0 Å². The van der Waals surface area contributed by atoms with Gasteiger partial charge in [0.2, 0.25) is 0 Å². The van der Waals surface area contributed by atoms with E-state index in [9.17, 15) is 14.3 Å². The Kier molecular flexibility index (Phi) is 7.15. The molecule has 3 rings (SSSR count). The van der Waals surface area contributed by atoms with Crippen molar-refractivity contribution in [3.05, 3.63) is 88.2 Å². The van der Waals surface area contributed by atoms with Gasteiger partial charge in [-0.1, -0.05) is 23.7 Å². The monoisotopic (exact) mass is 442 g/mol. The third-order valence-corrected chi connectivity index (χ3v) is 4.77. The van der Waals surface area contributed by atoms with Crippen molar-refractivity contribution in [2.75, 3.05) is 14.2 Å². The summed E-state index contributed by atoms with van der Waals surface area (Å²) in [5.41, 5.74) is 1.86. The van der Waals surface area contributed by atoms with Gasteiger partial charge in [0.05, 0.1) is 19.2 Å². The maximum Gasteiger partial charge on any atom is 0.185 e. The number of rotatable bonds is 8. The van der Waals surface area contributed by atoms with Crippen LogP contribution >= 0.6 is 11.6 Å². The van der Waals surface area contributed by atoms with Gasteiger partial charge in [0.25, 0.3) is 0 Å². The van der Waals surface area contributed by atoms with Crippen LogP contribution in [0.3, 0.4) is 0 Å². The Morgan fingerprint density at radius 3 is 2.45 bits per heavy atom. The molecule has 5 nitrogen and oxygen atoms in total. The molecular weight excluding hydrogens is 423 g/mol. The lowest BCUT2D eigenvalue weighted by atomic mass is 10.1. The summed E-state index contributed by atoms with van der Waals surface area (Å²) >= 11 is 6.01. The molecule has 0 bridgehead atoms. The number of hydrogen-bond donors (Lipinski definition) is 1. The molecule has 0 heterocycles. The molecule has 0 spiro atoms. The van der Waals surface area contributed by atoms with Crippen LogP contribution in [-0.2, 0) is 6.61 Å². The number of ketones is 1. The number of halogens is 2. The fraction of sp³-hybridized carbons (Fsp3) is 0.125. The van der Waals surface area contributed by atoms with E-state index in [4.69, 9.17) is 25.8 Å². The quantitative estimate of drug-likeness (QED) is 0.359. The van der Waals surface area contributed by atoms with Gasteiger partial charge in [-0.3, -0.25) is 4.79 Å². The highest BCUT2D eigenvalue weighted by Gasteiger charge is 2.10. The zero-order chi connectivity index (χ0) is 22.4. The van der Waals surface area contributed by atoms with Gasteiger partial charge in [-0.05, 0) is 60.2 Å². The van der Waals surface area contributed by atoms with Crippen LogP contribution in [0, 0.1) is 5.82 Å². The fourth-order valence-corrected chi connectivity index (χ4v) is 3.08. The average molecular weight is 443 g/mol. The molecule has 0 aromatic heterocycles. The van der Waals surface area contributed by atoms with E-state index in [0.29, 0.717) is 17.1 Å². The molecular formula is C24H20ClFO5. The van der Waals surface area contributed by atoms with Crippen LogP contribution in [0.4, 0.5) is 4.39 Å². The summed E-state index contributed by atoms with van der Waals surface area (Å²) in [5.74, 6) is 0.446. The minimum Gasteiger partial charge on any atom is -0.504 e. The number of allylic oxidation sites excluding steroid dienone is 1. The first kappa shape index (κ1) is 22.2. The summed E-state index contributed by atoms with van der Waals surface area (Å²) in [6, 6.07) is 13.7. The molecule has 3 aromatic rings. The minimum absolute atomic E-state index is 0.0379. The van der Waals surface area contributed by atoms with Crippen LogP contribution in [0.1, 0.15) is 21.5 Å². The second kappa shape index (κ2) is 10.00. The van der Waals surface area contributed by atoms with Gasteiger partial charge >= 0.3 is 0 Å². The predicted molar refractivity (Wildman–Crippen MR) is 117 cm³/mol. The van der Waals surface area contributed by atoms with Gasteiger partial charge in [0.1, 0.15) is 23.9 Å². The van der Waals surface area contributed by atoms with Gasteiger partial charge in [-0.2, -0.15) is 0 Å². The Morgan fingerprint density at radius 2 is 1.74 bits per heavy atom.